The Balaban J connectivity index is 1.68. The number of fused-ring (bicyclic) bond motifs is 5. The van der Waals surface area contributed by atoms with Gasteiger partial charge in [0.2, 0.25) is 0 Å². The number of carbonyl (C=O) groups excluding carboxylic acids is 1. The van der Waals surface area contributed by atoms with E-state index in [1.807, 2.05) is 7.11 Å². The molecule has 4 aliphatic carbocycles. The third-order valence-corrected chi connectivity index (χ3v) is 10.4. The summed E-state index contributed by atoms with van der Waals surface area (Å²) in [7, 11) is 1.95. The van der Waals surface area contributed by atoms with E-state index < -0.39 is 0 Å². The maximum absolute atomic E-state index is 12.2. The van der Waals surface area contributed by atoms with E-state index in [-0.39, 0.29) is 11.0 Å². The van der Waals surface area contributed by atoms with Crippen LogP contribution in [-0.2, 0) is 9.53 Å². The summed E-state index contributed by atoms with van der Waals surface area (Å²) in [5.74, 6) is 3.02. The smallest absolute Gasteiger partial charge is 0.133 e. The summed E-state index contributed by atoms with van der Waals surface area (Å²) < 4.78 is 6.22. The van der Waals surface area contributed by atoms with Gasteiger partial charge in [-0.25, -0.2) is 0 Å². The Bertz CT molecular complexity index is 564. The minimum atomic E-state index is 0.104. The molecule has 0 aromatic carbocycles. The molecule has 0 saturated heterocycles. The van der Waals surface area contributed by atoms with Crippen molar-refractivity contribution in [3.05, 3.63) is 0 Å². The molecular formula is C23H38O2. The van der Waals surface area contributed by atoms with Crippen LogP contribution >= 0.6 is 0 Å². The first-order valence-electron chi connectivity index (χ1n) is 10.8. The molecule has 0 heterocycles. The van der Waals surface area contributed by atoms with Gasteiger partial charge in [0, 0.05) is 20.0 Å². The Kier molecular flexibility index (Phi) is 4.01. The van der Waals surface area contributed by atoms with Gasteiger partial charge >= 0.3 is 0 Å². The molecule has 0 aromatic heterocycles. The number of carbonyl (C=O) groups is 1. The Hall–Kier alpha value is -0.370. The fourth-order valence-corrected chi connectivity index (χ4v) is 8.55. The lowest BCUT2D eigenvalue weighted by Gasteiger charge is -2.65. The van der Waals surface area contributed by atoms with Gasteiger partial charge in [0.1, 0.15) is 5.78 Å². The molecule has 4 rings (SSSR count). The zero-order chi connectivity index (χ0) is 18.1. The van der Waals surface area contributed by atoms with Crippen molar-refractivity contribution in [1.29, 1.82) is 0 Å². The lowest BCUT2D eigenvalue weighted by molar-refractivity contribution is -0.184. The van der Waals surface area contributed by atoms with E-state index in [1.54, 1.807) is 0 Å². The highest BCUT2D eigenvalue weighted by Crippen LogP contribution is 2.71. The molecule has 0 aliphatic heterocycles. The van der Waals surface area contributed by atoms with Crippen LogP contribution in [0.1, 0.15) is 91.9 Å². The first-order valence-corrected chi connectivity index (χ1v) is 10.8. The summed E-state index contributed by atoms with van der Waals surface area (Å²) in [6.07, 6.45) is 11.8. The van der Waals surface area contributed by atoms with Crippen molar-refractivity contribution in [2.75, 3.05) is 7.11 Å². The van der Waals surface area contributed by atoms with Crippen molar-refractivity contribution < 1.29 is 9.53 Å². The molecule has 4 saturated carbocycles. The van der Waals surface area contributed by atoms with Gasteiger partial charge < -0.3 is 4.74 Å². The normalized spacial score (nSPS) is 55.4. The summed E-state index contributed by atoms with van der Waals surface area (Å²) in [5, 5.41) is 0. The van der Waals surface area contributed by atoms with Crippen LogP contribution in [0, 0.1) is 34.0 Å². The molecule has 0 amide bonds. The molecule has 2 heteroatoms. The zero-order valence-electron chi connectivity index (χ0n) is 17.1. The number of Topliss-reactive ketones (excluding diaryl/α,β-unsaturated/α-hetero) is 1. The second kappa shape index (κ2) is 5.57. The van der Waals surface area contributed by atoms with E-state index in [4.69, 9.17) is 4.74 Å². The SMILES string of the molecule is CCC1(OC)CCC2C3CCC4(C)CC(=O)CCC4(C)C3CCC21C. The van der Waals surface area contributed by atoms with Gasteiger partial charge in [-0.15, -0.1) is 0 Å². The molecule has 0 bridgehead atoms. The van der Waals surface area contributed by atoms with E-state index in [1.165, 1.54) is 38.5 Å². The molecule has 142 valence electrons. The van der Waals surface area contributed by atoms with E-state index in [9.17, 15) is 4.79 Å². The van der Waals surface area contributed by atoms with Gasteiger partial charge in [-0.2, -0.15) is 0 Å². The number of hydrogen-bond donors (Lipinski definition) is 0. The summed E-state index contributed by atoms with van der Waals surface area (Å²) in [6.45, 7) is 9.87. The molecule has 0 aromatic rings. The van der Waals surface area contributed by atoms with Crippen molar-refractivity contribution in [3.63, 3.8) is 0 Å². The highest BCUT2D eigenvalue weighted by Gasteiger charge is 2.66. The highest BCUT2D eigenvalue weighted by molar-refractivity contribution is 5.80. The molecule has 0 radical (unpaired) electrons. The standard InChI is InChI=1S/C23H38O2/c1-6-23(25-5)14-10-19-17-8-11-20(2)15-16(24)7-12-21(20,3)18(17)9-13-22(19,23)4/h17-19H,6-15H2,1-5H3. The number of ketones is 1. The molecule has 2 nitrogen and oxygen atoms in total. The molecule has 7 unspecified atom stereocenters. The second-order valence-electron chi connectivity index (χ2n) is 10.7. The van der Waals surface area contributed by atoms with Crippen molar-refractivity contribution in [2.45, 2.75) is 97.5 Å². The van der Waals surface area contributed by atoms with Gasteiger partial charge in [0.25, 0.3) is 0 Å². The Morgan fingerprint density at radius 1 is 0.960 bits per heavy atom. The molecule has 4 aliphatic rings. The monoisotopic (exact) mass is 346 g/mol. The molecule has 0 spiro atoms. The van der Waals surface area contributed by atoms with Crippen molar-refractivity contribution in [2.24, 2.45) is 34.0 Å². The van der Waals surface area contributed by atoms with Crippen LogP contribution in [0.15, 0.2) is 0 Å². The van der Waals surface area contributed by atoms with Crippen molar-refractivity contribution >= 4 is 5.78 Å². The van der Waals surface area contributed by atoms with E-state index in [0.717, 1.165) is 43.4 Å². The Morgan fingerprint density at radius 3 is 2.32 bits per heavy atom. The predicted molar refractivity (Wildman–Crippen MR) is 101 cm³/mol. The molecular weight excluding hydrogens is 308 g/mol. The number of methoxy groups -OCH3 is 1. The van der Waals surface area contributed by atoms with Crippen LogP contribution in [-0.4, -0.2) is 18.5 Å². The summed E-state index contributed by atoms with van der Waals surface area (Å²) >= 11 is 0. The second-order valence-corrected chi connectivity index (χ2v) is 10.7. The maximum atomic E-state index is 12.2. The summed E-state index contributed by atoms with van der Waals surface area (Å²) in [4.78, 5) is 12.2. The van der Waals surface area contributed by atoms with E-state index >= 15 is 0 Å². The molecule has 0 N–H and O–H groups in total. The van der Waals surface area contributed by atoms with E-state index in [0.29, 0.717) is 16.6 Å². The maximum Gasteiger partial charge on any atom is 0.133 e. The minimum absolute atomic E-state index is 0.104. The third kappa shape index (κ3) is 2.10. The average molecular weight is 347 g/mol. The fraction of sp³-hybridized carbons (Fsp3) is 0.957. The largest absolute Gasteiger partial charge is 0.378 e. The predicted octanol–water partition coefficient (Wildman–Crippen LogP) is 5.78. The zero-order valence-corrected chi connectivity index (χ0v) is 17.1. The van der Waals surface area contributed by atoms with E-state index in [2.05, 4.69) is 27.7 Å². The lowest BCUT2D eigenvalue weighted by Crippen LogP contribution is -2.59. The van der Waals surface area contributed by atoms with Crippen LogP contribution in [0.3, 0.4) is 0 Å². The number of ether oxygens (including phenoxy) is 1. The molecule has 25 heavy (non-hydrogen) atoms. The van der Waals surface area contributed by atoms with Crippen LogP contribution < -0.4 is 0 Å². The third-order valence-electron chi connectivity index (χ3n) is 10.4. The highest BCUT2D eigenvalue weighted by atomic mass is 16.5. The minimum Gasteiger partial charge on any atom is -0.378 e. The van der Waals surface area contributed by atoms with Gasteiger partial charge in [0.15, 0.2) is 0 Å². The number of rotatable bonds is 2. The Labute approximate surface area is 154 Å². The van der Waals surface area contributed by atoms with Gasteiger partial charge in [-0.3, -0.25) is 4.79 Å². The van der Waals surface area contributed by atoms with Crippen LogP contribution in [0.2, 0.25) is 0 Å². The van der Waals surface area contributed by atoms with Gasteiger partial charge in [-0.05, 0) is 85.4 Å². The van der Waals surface area contributed by atoms with Crippen molar-refractivity contribution in [3.8, 4) is 0 Å². The molecule has 7 atom stereocenters. The topological polar surface area (TPSA) is 26.3 Å². The lowest BCUT2D eigenvalue weighted by atomic mass is 9.40. The van der Waals surface area contributed by atoms with Gasteiger partial charge in [-0.1, -0.05) is 27.7 Å². The summed E-state index contributed by atoms with van der Waals surface area (Å²) in [5.41, 5.74) is 1.08. The first-order chi connectivity index (χ1) is 11.8. The van der Waals surface area contributed by atoms with Crippen LogP contribution in [0.5, 0.6) is 0 Å². The Morgan fingerprint density at radius 2 is 1.64 bits per heavy atom. The fourth-order valence-electron chi connectivity index (χ4n) is 8.55. The van der Waals surface area contributed by atoms with Gasteiger partial charge in [0.05, 0.1) is 5.60 Å². The molecule has 4 fully saturated rings. The quantitative estimate of drug-likeness (QED) is 0.633. The average Bonchev–Trinajstić information content (AvgIpc) is 2.89. The van der Waals surface area contributed by atoms with Crippen LogP contribution in [0.25, 0.3) is 0 Å². The van der Waals surface area contributed by atoms with Crippen LogP contribution in [0.4, 0.5) is 0 Å². The van der Waals surface area contributed by atoms with Crippen molar-refractivity contribution in [1.82, 2.24) is 0 Å². The summed E-state index contributed by atoms with van der Waals surface area (Å²) in [6, 6.07) is 0. The number of hydrogen-bond acceptors (Lipinski definition) is 2. The first kappa shape index (κ1) is 18.0.